The van der Waals surface area contributed by atoms with E-state index < -0.39 is 30.2 Å². The summed E-state index contributed by atoms with van der Waals surface area (Å²) in [6.07, 6.45) is -4.64. The minimum Gasteiger partial charge on any atom is -0.459 e. The van der Waals surface area contributed by atoms with Crippen LogP contribution in [0.1, 0.15) is 20.8 Å². The fraction of sp³-hybridized carbons (Fsp3) is 0.875. The molecular formula is C8H14F3NO2. The maximum atomic E-state index is 12.2. The summed E-state index contributed by atoms with van der Waals surface area (Å²) in [5.41, 5.74) is 3.92. The van der Waals surface area contributed by atoms with E-state index >= 15 is 0 Å². The topological polar surface area (TPSA) is 52.3 Å². The van der Waals surface area contributed by atoms with Crippen molar-refractivity contribution in [3.8, 4) is 0 Å². The zero-order chi connectivity index (χ0) is 11.6. The van der Waals surface area contributed by atoms with Gasteiger partial charge in [0.2, 0.25) is 0 Å². The van der Waals surface area contributed by atoms with Crippen LogP contribution in [0.25, 0.3) is 0 Å². The lowest BCUT2D eigenvalue weighted by atomic mass is 10.1. The van der Waals surface area contributed by atoms with Gasteiger partial charge in [0.25, 0.3) is 0 Å². The number of ether oxygens (including phenoxy) is 1. The van der Waals surface area contributed by atoms with E-state index in [1.165, 1.54) is 20.8 Å². The molecule has 0 aromatic rings. The fourth-order valence-corrected chi connectivity index (χ4v) is 0.736. The van der Waals surface area contributed by atoms with Crippen LogP contribution in [-0.4, -0.2) is 24.3 Å². The van der Waals surface area contributed by atoms with E-state index in [0.717, 1.165) is 0 Å². The molecule has 14 heavy (non-hydrogen) atoms. The van der Waals surface area contributed by atoms with E-state index in [2.05, 4.69) is 4.74 Å². The lowest BCUT2D eigenvalue weighted by Gasteiger charge is -2.24. The van der Waals surface area contributed by atoms with Crippen molar-refractivity contribution >= 4 is 5.97 Å². The predicted octanol–water partition coefficient (Wildman–Crippen LogP) is 1.47. The Morgan fingerprint density at radius 2 is 1.79 bits per heavy atom. The van der Waals surface area contributed by atoms with Crippen molar-refractivity contribution in [3.63, 3.8) is 0 Å². The van der Waals surface area contributed by atoms with Crippen LogP contribution < -0.4 is 5.73 Å². The third kappa shape index (κ3) is 4.45. The number of hydrogen-bond donors (Lipinski definition) is 1. The number of carbonyl (C=O) groups is 1. The van der Waals surface area contributed by atoms with Crippen molar-refractivity contribution in [3.05, 3.63) is 0 Å². The minimum absolute atomic E-state index is 0.793. The molecule has 1 atom stereocenters. The lowest BCUT2D eigenvalue weighted by molar-refractivity contribution is -0.202. The first-order valence-electron chi connectivity index (χ1n) is 4.07. The van der Waals surface area contributed by atoms with Gasteiger partial charge in [0.05, 0.1) is 0 Å². The molecule has 0 fully saturated rings. The Labute approximate surface area is 80.4 Å². The number of alkyl halides is 3. The summed E-state index contributed by atoms with van der Waals surface area (Å²) >= 11 is 0. The van der Waals surface area contributed by atoms with Gasteiger partial charge in [0, 0.05) is 6.54 Å². The van der Waals surface area contributed by atoms with Gasteiger partial charge in [-0.2, -0.15) is 13.2 Å². The normalized spacial score (nSPS) is 15.1. The molecule has 2 N–H and O–H groups in total. The molecule has 0 aliphatic carbocycles. The van der Waals surface area contributed by atoms with Crippen LogP contribution >= 0.6 is 0 Å². The molecule has 0 aromatic carbocycles. The highest BCUT2D eigenvalue weighted by Gasteiger charge is 2.45. The van der Waals surface area contributed by atoms with Crippen LogP contribution in [0.2, 0.25) is 0 Å². The van der Waals surface area contributed by atoms with Gasteiger partial charge >= 0.3 is 12.1 Å². The van der Waals surface area contributed by atoms with Gasteiger partial charge in [0.15, 0.2) is 5.92 Å². The molecule has 0 aliphatic rings. The number of esters is 1. The van der Waals surface area contributed by atoms with E-state index in [0.29, 0.717) is 0 Å². The second-order valence-electron chi connectivity index (χ2n) is 3.86. The number of rotatable bonds is 2. The Hall–Kier alpha value is -0.780. The van der Waals surface area contributed by atoms with Crippen LogP contribution in [-0.2, 0) is 9.53 Å². The maximum Gasteiger partial charge on any atom is 0.403 e. The van der Waals surface area contributed by atoms with Crippen molar-refractivity contribution in [1.29, 1.82) is 0 Å². The predicted molar refractivity (Wildman–Crippen MR) is 44.4 cm³/mol. The van der Waals surface area contributed by atoms with E-state index in [4.69, 9.17) is 5.73 Å². The molecule has 0 saturated carbocycles. The maximum absolute atomic E-state index is 12.2. The first kappa shape index (κ1) is 13.2. The summed E-state index contributed by atoms with van der Waals surface area (Å²) in [6.45, 7) is 3.69. The van der Waals surface area contributed by atoms with Gasteiger partial charge in [-0.15, -0.1) is 0 Å². The Morgan fingerprint density at radius 3 is 2.00 bits per heavy atom. The van der Waals surface area contributed by atoms with Gasteiger partial charge in [0.1, 0.15) is 5.60 Å². The monoisotopic (exact) mass is 213 g/mol. The van der Waals surface area contributed by atoms with E-state index in [1.54, 1.807) is 0 Å². The Balaban J connectivity index is 4.50. The Bertz CT molecular complexity index is 208. The SMILES string of the molecule is CC(C)(C)OC(=O)C(CN)C(F)(F)F. The van der Waals surface area contributed by atoms with Crippen LogP contribution in [0.5, 0.6) is 0 Å². The van der Waals surface area contributed by atoms with Crippen LogP contribution in [0.3, 0.4) is 0 Å². The Kier molecular flexibility index (Phi) is 3.93. The van der Waals surface area contributed by atoms with Crippen molar-refractivity contribution in [2.75, 3.05) is 6.54 Å². The van der Waals surface area contributed by atoms with E-state index in [1.807, 2.05) is 0 Å². The average molecular weight is 213 g/mol. The highest BCUT2D eigenvalue weighted by atomic mass is 19.4. The summed E-state index contributed by atoms with van der Waals surface area (Å²) in [4.78, 5) is 11.0. The van der Waals surface area contributed by atoms with Crippen LogP contribution in [0.15, 0.2) is 0 Å². The zero-order valence-electron chi connectivity index (χ0n) is 8.31. The number of hydrogen-bond acceptors (Lipinski definition) is 3. The molecule has 3 nitrogen and oxygen atoms in total. The molecule has 6 heteroatoms. The van der Waals surface area contributed by atoms with Gasteiger partial charge in [-0.1, -0.05) is 0 Å². The third-order valence-corrected chi connectivity index (χ3v) is 1.32. The van der Waals surface area contributed by atoms with Crippen LogP contribution in [0, 0.1) is 5.92 Å². The largest absolute Gasteiger partial charge is 0.459 e. The van der Waals surface area contributed by atoms with E-state index in [9.17, 15) is 18.0 Å². The third-order valence-electron chi connectivity index (χ3n) is 1.32. The zero-order valence-corrected chi connectivity index (χ0v) is 8.31. The van der Waals surface area contributed by atoms with Crippen molar-refractivity contribution in [1.82, 2.24) is 0 Å². The first-order valence-corrected chi connectivity index (χ1v) is 4.07. The Morgan fingerprint density at radius 1 is 1.36 bits per heavy atom. The van der Waals surface area contributed by atoms with Crippen LogP contribution in [0.4, 0.5) is 13.2 Å². The molecule has 0 amide bonds. The molecule has 0 aromatic heterocycles. The fourth-order valence-electron chi connectivity index (χ4n) is 0.736. The molecule has 0 bridgehead atoms. The van der Waals surface area contributed by atoms with Crippen molar-refractivity contribution in [2.24, 2.45) is 11.7 Å². The second-order valence-corrected chi connectivity index (χ2v) is 3.86. The van der Waals surface area contributed by atoms with Gasteiger partial charge < -0.3 is 10.5 Å². The summed E-state index contributed by atoms with van der Waals surface area (Å²) in [5, 5.41) is 0. The molecule has 0 rings (SSSR count). The van der Waals surface area contributed by atoms with Gasteiger partial charge in [-0.05, 0) is 20.8 Å². The molecule has 0 spiro atoms. The molecule has 0 heterocycles. The summed E-state index contributed by atoms with van der Waals surface area (Å²) in [7, 11) is 0. The molecule has 0 saturated heterocycles. The summed E-state index contributed by atoms with van der Waals surface area (Å²) < 4.78 is 41.1. The number of carbonyl (C=O) groups excluding carboxylic acids is 1. The summed E-state index contributed by atoms with van der Waals surface area (Å²) in [5.74, 6) is -3.56. The minimum atomic E-state index is -4.64. The second kappa shape index (κ2) is 4.16. The lowest BCUT2D eigenvalue weighted by Crippen LogP contribution is -2.40. The average Bonchev–Trinajstić information content (AvgIpc) is 1.79. The standard InChI is InChI=1S/C8H14F3NO2/c1-7(2,3)14-6(13)5(4-12)8(9,10)11/h5H,4,12H2,1-3H3. The van der Waals surface area contributed by atoms with Gasteiger partial charge in [-0.3, -0.25) is 4.79 Å². The molecular weight excluding hydrogens is 199 g/mol. The van der Waals surface area contributed by atoms with Gasteiger partial charge in [-0.25, -0.2) is 0 Å². The first-order chi connectivity index (χ1) is 6.08. The highest BCUT2D eigenvalue weighted by molar-refractivity contribution is 5.74. The summed E-state index contributed by atoms with van der Waals surface area (Å²) in [6, 6.07) is 0. The van der Waals surface area contributed by atoms with Crippen molar-refractivity contribution in [2.45, 2.75) is 32.5 Å². The quantitative estimate of drug-likeness (QED) is 0.706. The molecule has 1 unspecified atom stereocenters. The molecule has 0 radical (unpaired) electrons. The number of halogens is 3. The van der Waals surface area contributed by atoms with Crippen molar-refractivity contribution < 1.29 is 22.7 Å². The molecule has 84 valence electrons. The smallest absolute Gasteiger partial charge is 0.403 e. The number of nitrogens with two attached hydrogens (primary N) is 1. The molecule has 0 aliphatic heterocycles. The van der Waals surface area contributed by atoms with E-state index in [-0.39, 0.29) is 0 Å². The highest BCUT2D eigenvalue weighted by Crippen LogP contribution is 2.27.